The van der Waals surface area contributed by atoms with E-state index in [1.807, 2.05) is 22.6 Å². The Hall–Kier alpha value is 1.00. The van der Waals surface area contributed by atoms with Crippen molar-refractivity contribution in [3.63, 3.8) is 0 Å². The van der Waals surface area contributed by atoms with Crippen molar-refractivity contribution in [2.24, 2.45) is 0 Å². The summed E-state index contributed by atoms with van der Waals surface area (Å²) in [5, 5.41) is 11.6. The Labute approximate surface area is 105 Å². The Kier molecular flexibility index (Phi) is 3.49. The first kappa shape index (κ1) is 10.1. The largest absolute Gasteiger partial charge is 0.234 e. The number of aromatic nitrogens is 4. The minimum absolute atomic E-state index is 0.314. The number of nitrogens with zero attached hydrogens (tertiary/aromatic N) is 4. The second-order valence-electron chi connectivity index (χ2n) is 1.64. The topological polar surface area (TPSA) is 43.6 Å². The first-order chi connectivity index (χ1) is 5.06. The Balaban J connectivity index is 3.01. The summed E-state index contributed by atoms with van der Waals surface area (Å²) in [5.41, 5.74) is 0. The van der Waals surface area contributed by atoms with Crippen molar-refractivity contribution in [3.8, 4) is 0 Å². The number of tetrazole rings is 1. The van der Waals surface area contributed by atoms with Crippen molar-refractivity contribution in [2.75, 3.05) is 0 Å². The van der Waals surface area contributed by atoms with Gasteiger partial charge in [-0.1, -0.05) is 6.58 Å². The lowest BCUT2D eigenvalue weighted by molar-refractivity contribution is 0.570. The van der Waals surface area contributed by atoms with Gasteiger partial charge in [0.1, 0.15) is 0 Å². The quantitative estimate of drug-likeness (QED) is 0.364. The second-order valence-corrected chi connectivity index (χ2v) is 7.96. The molecule has 1 rings (SSSR count). The van der Waals surface area contributed by atoms with Crippen LogP contribution >= 0.6 is 67.8 Å². The average molecular weight is 488 g/mol. The van der Waals surface area contributed by atoms with Gasteiger partial charge >= 0.3 is 0 Å². The van der Waals surface area contributed by atoms with Crippen LogP contribution in [0, 0.1) is 3.83 Å². The fourth-order valence-electron chi connectivity index (χ4n) is 0.405. The summed E-state index contributed by atoms with van der Waals surface area (Å²) < 4.78 is 0.327. The number of halogens is 3. The molecule has 0 aromatic carbocycles. The fourth-order valence-corrected chi connectivity index (χ4v) is 1.11. The summed E-state index contributed by atoms with van der Waals surface area (Å²) in [6.45, 7) is 3.67. The Morgan fingerprint density at radius 2 is 2.18 bits per heavy atom. The molecular weight excluding hydrogens is 485 g/mol. The maximum absolute atomic E-state index is 4.05. The van der Waals surface area contributed by atoms with Crippen LogP contribution in [-0.4, -0.2) is 20.2 Å². The Morgan fingerprint density at radius 1 is 1.55 bits per heavy atom. The third-order valence-corrected chi connectivity index (χ3v) is 3.08. The number of alkyl halides is 2. The number of rotatable bonds is 2. The molecule has 1 aromatic rings. The maximum Gasteiger partial charge on any atom is 0.234 e. The molecule has 11 heavy (non-hydrogen) atoms. The van der Waals surface area contributed by atoms with Crippen LogP contribution in [0.25, 0.3) is 0 Å². The molecule has 0 spiro atoms. The molecular formula is C4H3I3N4. The van der Waals surface area contributed by atoms with Crippen LogP contribution < -0.4 is 0 Å². The van der Waals surface area contributed by atoms with E-state index in [1.165, 1.54) is 4.80 Å². The Bertz CT molecular complexity index is 268. The highest BCUT2D eigenvalue weighted by molar-refractivity contribution is 14.2. The highest BCUT2D eigenvalue weighted by Crippen LogP contribution is 2.32. The molecule has 0 fully saturated rings. The van der Waals surface area contributed by atoms with Crippen molar-refractivity contribution in [1.82, 2.24) is 20.2 Å². The third kappa shape index (κ3) is 2.47. The molecule has 1 heterocycles. The van der Waals surface area contributed by atoms with Crippen LogP contribution in [0.5, 0.6) is 0 Å². The molecule has 0 aliphatic rings. The van der Waals surface area contributed by atoms with Crippen LogP contribution in [0.2, 0.25) is 0 Å². The fraction of sp³-hybridized carbons (Fsp3) is 0.250. The monoisotopic (exact) mass is 488 g/mol. The molecule has 0 saturated carbocycles. The van der Waals surface area contributed by atoms with E-state index in [2.05, 4.69) is 67.2 Å². The molecule has 1 aromatic heterocycles. The van der Waals surface area contributed by atoms with Crippen molar-refractivity contribution in [1.29, 1.82) is 0 Å². The second kappa shape index (κ2) is 3.81. The van der Waals surface area contributed by atoms with Gasteiger partial charge < -0.3 is 0 Å². The van der Waals surface area contributed by atoms with E-state index in [4.69, 9.17) is 0 Å². The van der Waals surface area contributed by atoms with Gasteiger partial charge in [-0.25, -0.2) is 0 Å². The zero-order valence-electron chi connectivity index (χ0n) is 5.21. The molecule has 0 bridgehead atoms. The van der Waals surface area contributed by atoms with Crippen LogP contribution in [0.15, 0.2) is 12.7 Å². The molecule has 0 amide bonds. The normalized spacial score (nSPS) is 11.5. The predicted molar refractivity (Wildman–Crippen MR) is 66.7 cm³/mol. The summed E-state index contributed by atoms with van der Waals surface area (Å²) in [7, 11) is 0. The van der Waals surface area contributed by atoms with Gasteiger partial charge in [0.2, 0.25) is 5.38 Å². The molecule has 0 aliphatic heterocycles. The van der Waals surface area contributed by atoms with Crippen molar-refractivity contribution in [3.05, 3.63) is 16.5 Å². The van der Waals surface area contributed by atoms with Crippen LogP contribution in [0.1, 0.15) is 0 Å². The van der Waals surface area contributed by atoms with E-state index in [0.717, 1.165) is 0 Å². The van der Waals surface area contributed by atoms with Crippen molar-refractivity contribution >= 4 is 67.8 Å². The molecule has 0 aliphatic carbocycles. The van der Waals surface area contributed by atoms with Gasteiger partial charge in [-0.15, -0.1) is 15.0 Å². The predicted octanol–water partition coefficient (Wildman–Crippen LogP) is 1.94. The lowest BCUT2D eigenvalue weighted by Gasteiger charge is -2.11. The summed E-state index contributed by atoms with van der Waals surface area (Å²) in [6, 6.07) is 0. The molecule has 0 radical (unpaired) electrons. The van der Waals surface area contributed by atoms with E-state index in [-0.39, 0.29) is 1.55 Å². The molecule has 0 N–H and O–H groups in total. The van der Waals surface area contributed by atoms with Gasteiger partial charge in [-0.05, 0) is 56.5 Å². The summed E-state index contributed by atoms with van der Waals surface area (Å²) in [5.74, 6) is 0. The van der Waals surface area contributed by atoms with E-state index in [1.54, 1.807) is 6.08 Å². The molecule has 0 saturated heterocycles. The number of hydrogen-bond donors (Lipinski definition) is 0. The highest BCUT2D eigenvalue weighted by Gasteiger charge is 2.23. The lowest BCUT2D eigenvalue weighted by Crippen LogP contribution is -2.18. The maximum atomic E-state index is 4.05. The Morgan fingerprint density at radius 3 is 2.55 bits per heavy atom. The standard InChI is InChI=1S/C4H3I3N4/c1-2-4(6,7)11-9-3(5)8-10-11/h2H,1H2. The van der Waals surface area contributed by atoms with Gasteiger partial charge in [0.25, 0.3) is 0 Å². The number of allylic oxidation sites excluding steroid dienone is 1. The van der Waals surface area contributed by atoms with Gasteiger partial charge in [-0.2, -0.15) is 0 Å². The first-order valence-electron chi connectivity index (χ1n) is 2.53. The van der Waals surface area contributed by atoms with E-state index in [0.29, 0.717) is 3.83 Å². The summed E-state index contributed by atoms with van der Waals surface area (Å²) in [4.78, 5) is 1.52. The number of hydrogen-bond acceptors (Lipinski definition) is 3. The van der Waals surface area contributed by atoms with E-state index in [9.17, 15) is 0 Å². The van der Waals surface area contributed by atoms with Crippen molar-refractivity contribution in [2.45, 2.75) is 1.55 Å². The summed E-state index contributed by atoms with van der Waals surface area (Å²) >= 11 is 6.37. The van der Waals surface area contributed by atoms with Crippen LogP contribution in [0.3, 0.4) is 0 Å². The smallest absolute Gasteiger partial charge is 0.133 e. The van der Waals surface area contributed by atoms with Gasteiger partial charge in [0.05, 0.1) is 0 Å². The van der Waals surface area contributed by atoms with E-state index >= 15 is 0 Å². The van der Waals surface area contributed by atoms with Gasteiger partial charge in [0, 0.05) is 22.6 Å². The zero-order valence-corrected chi connectivity index (χ0v) is 11.7. The van der Waals surface area contributed by atoms with Gasteiger partial charge in [0.15, 0.2) is 0 Å². The van der Waals surface area contributed by atoms with Crippen molar-refractivity contribution < 1.29 is 0 Å². The SMILES string of the molecule is C=CC(I)(I)n1nnc(I)n1. The highest BCUT2D eigenvalue weighted by atomic mass is 127. The summed E-state index contributed by atoms with van der Waals surface area (Å²) in [6.07, 6.45) is 1.76. The molecule has 0 atom stereocenters. The minimum Gasteiger partial charge on any atom is -0.133 e. The molecule has 60 valence electrons. The molecule has 7 heteroatoms. The third-order valence-electron chi connectivity index (χ3n) is 0.901. The first-order valence-corrected chi connectivity index (χ1v) is 5.77. The minimum atomic E-state index is -0.314. The van der Waals surface area contributed by atoms with Crippen LogP contribution in [0.4, 0.5) is 0 Å². The molecule has 0 unspecified atom stereocenters. The van der Waals surface area contributed by atoms with Gasteiger partial charge in [-0.3, -0.25) is 0 Å². The molecule has 4 nitrogen and oxygen atoms in total. The lowest BCUT2D eigenvalue weighted by atomic mass is 10.6. The zero-order chi connectivity index (χ0) is 8.48. The average Bonchev–Trinajstić information content (AvgIpc) is 2.36. The van der Waals surface area contributed by atoms with E-state index < -0.39 is 0 Å². The van der Waals surface area contributed by atoms with Crippen LogP contribution in [-0.2, 0) is 1.55 Å².